The summed E-state index contributed by atoms with van der Waals surface area (Å²) in [4.78, 5) is 13.3. The highest BCUT2D eigenvalue weighted by atomic mass is 32.2. The van der Waals surface area contributed by atoms with E-state index >= 15 is 0 Å². The van der Waals surface area contributed by atoms with Gasteiger partial charge in [-0.2, -0.15) is 5.10 Å². The van der Waals surface area contributed by atoms with Gasteiger partial charge in [0, 0.05) is 5.56 Å². The Labute approximate surface area is 211 Å². The zero-order valence-corrected chi connectivity index (χ0v) is 21.5. The third-order valence-corrected chi connectivity index (χ3v) is 7.12. The van der Waals surface area contributed by atoms with Gasteiger partial charge in [-0.3, -0.25) is 9.48 Å². The Morgan fingerprint density at radius 3 is 2.25 bits per heavy atom. The van der Waals surface area contributed by atoms with E-state index in [1.165, 1.54) is 12.1 Å². The number of carbonyl (C=O) groups is 1. The minimum atomic E-state index is -4.06. The van der Waals surface area contributed by atoms with E-state index < -0.39 is 15.9 Å². The maximum Gasteiger partial charge on any atom is 0.283 e. The van der Waals surface area contributed by atoms with E-state index in [0.29, 0.717) is 23.6 Å². The molecule has 1 N–H and O–H groups in total. The normalized spacial score (nSPS) is 11.5. The predicted octanol–water partition coefficient (Wildman–Crippen LogP) is 5.12. The number of amides is 1. The molecule has 0 spiro atoms. The number of nitrogens with zero attached hydrogens (tertiary/aromatic N) is 2. The lowest BCUT2D eigenvalue weighted by molar-refractivity contribution is 0.0971. The molecule has 0 aliphatic rings. The van der Waals surface area contributed by atoms with Crippen LogP contribution in [-0.4, -0.2) is 30.2 Å². The minimum absolute atomic E-state index is 0.00932. The first kappa shape index (κ1) is 25.2. The highest BCUT2D eigenvalue weighted by Gasteiger charge is 2.24. The van der Waals surface area contributed by atoms with E-state index in [1.54, 1.807) is 28.9 Å². The number of ether oxygens (including phenoxy) is 1. The number of carbonyl (C=O) groups excluding carboxylic acids is 1. The van der Waals surface area contributed by atoms with Gasteiger partial charge in [0.05, 0.1) is 23.2 Å². The molecule has 3 aromatic carbocycles. The van der Waals surface area contributed by atoms with Crippen LogP contribution < -0.4 is 9.46 Å². The Kier molecular flexibility index (Phi) is 7.26. The lowest BCUT2D eigenvalue weighted by Gasteiger charge is -2.13. The van der Waals surface area contributed by atoms with Crippen LogP contribution in [0.5, 0.6) is 5.75 Å². The monoisotopic (exact) mass is 503 g/mol. The molecule has 0 atom stereocenters. The van der Waals surface area contributed by atoms with Crippen molar-refractivity contribution in [1.29, 1.82) is 0 Å². The first-order chi connectivity index (χ1) is 17.2. The van der Waals surface area contributed by atoms with Crippen molar-refractivity contribution in [2.75, 3.05) is 0 Å². The Bertz CT molecular complexity index is 1470. The molecule has 1 amide bonds. The van der Waals surface area contributed by atoms with Crippen LogP contribution in [0.4, 0.5) is 0 Å². The van der Waals surface area contributed by atoms with E-state index in [2.05, 4.69) is 4.72 Å². The number of rotatable bonds is 8. The van der Waals surface area contributed by atoms with Crippen molar-refractivity contribution in [2.24, 2.45) is 0 Å². The Morgan fingerprint density at radius 1 is 0.944 bits per heavy atom. The van der Waals surface area contributed by atoms with E-state index in [1.807, 2.05) is 70.2 Å². The van der Waals surface area contributed by atoms with Gasteiger partial charge in [-0.25, -0.2) is 13.1 Å². The topological polar surface area (TPSA) is 90.3 Å². The van der Waals surface area contributed by atoms with Gasteiger partial charge in [0.15, 0.2) is 0 Å². The third kappa shape index (κ3) is 5.49. The molecule has 1 aromatic heterocycles. The van der Waals surface area contributed by atoms with Gasteiger partial charge in [-0.05, 0) is 74.7 Å². The fraction of sp³-hybridized carbons (Fsp3) is 0.214. The van der Waals surface area contributed by atoms with Gasteiger partial charge in [0.25, 0.3) is 15.9 Å². The molecule has 186 valence electrons. The lowest BCUT2D eigenvalue weighted by atomic mass is 10.0. The molecule has 0 fully saturated rings. The van der Waals surface area contributed by atoms with Crippen molar-refractivity contribution in [3.8, 4) is 17.0 Å². The predicted molar refractivity (Wildman–Crippen MR) is 140 cm³/mol. The van der Waals surface area contributed by atoms with Gasteiger partial charge in [-0.1, -0.05) is 48.5 Å². The van der Waals surface area contributed by atoms with Crippen molar-refractivity contribution in [3.63, 3.8) is 0 Å². The summed E-state index contributed by atoms with van der Waals surface area (Å²) in [5.41, 5.74) is 4.48. The van der Waals surface area contributed by atoms with E-state index in [9.17, 15) is 13.2 Å². The number of aromatic nitrogens is 2. The number of aryl methyl sites for hydroxylation is 2. The van der Waals surface area contributed by atoms with Crippen LogP contribution >= 0.6 is 0 Å². The number of hydrogen-bond donors (Lipinski definition) is 1. The summed E-state index contributed by atoms with van der Waals surface area (Å²) in [6.07, 6.45) is -0.0540. The molecule has 0 aliphatic carbocycles. The number of para-hydroxylation sites is 1. The molecule has 4 rings (SSSR count). The highest BCUT2D eigenvalue weighted by molar-refractivity contribution is 7.90. The molecule has 8 heteroatoms. The second-order valence-corrected chi connectivity index (χ2v) is 10.5. The highest BCUT2D eigenvalue weighted by Crippen LogP contribution is 2.31. The average Bonchev–Trinajstić information content (AvgIpc) is 3.26. The van der Waals surface area contributed by atoms with Crippen molar-refractivity contribution in [2.45, 2.75) is 45.2 Å². The smallest absolute Gasteiger partial charge is 0.283 e. The molecule has 0 bridgehead atoms. The van der Waals surface area contributed by atoms with Crippen molar-refractivity contribution >= 4 is 15.9 Å². The summed E-state index contributed by atoms with van der Waals surface area (Å²) in [7, 11) is -4.06. The number of sulfonamides is 1. The number of benzene rings is 3. The molecule has 0 unspecified atom stereocenters. The standard InChI is InChI=1S/C28H29N3O4S/c1-19(2)35-27-16-9-8-15-23(27)25-17-26(28(32)30-36(33,34)22-13-6-5-7-14-22)31(29-25)18-24-20(3)11-10-12-21(24)4/h5-17,19H,18H2,1-4H3,(H,30,32). The molecule has 0 saturated carbocycles. The molecule has 0 saturated heterocycles. The molecule has 1 heterocycles. The van der Waals surface area contributed by atoms with Crippen LogP contribution in [0.25, 0.3) is 11.3 Å². The van der Waals surface area contributed by atoms with Crippen LogP contribution in [0, 0.1) is 13.8 Å². The molecule has 0 radical (unpaired) electrons. The Hall–Kier alpha value is -3.91. The summed E-state index contributed by atoms with van der Waals surface area (Å²) >= 11 is 0. The van der Waals surface area contributed by atoms with Crippen molar-refractivity contribution in [1.82, 2.24) is 14.5 Å². The average molecular weight is 504 g/mol. The van der Waals surface area contributed by atoms with Gasteiger partial charge in [0.1, 0.15) is 11.4 Å². The van der Waals surface area contributed by atoms with Crippen LogP contribution in [0.1, 0.15) is 41.0 Å². The SMILES string of the molecule is Cc1cccc(C)c1Cn1nc(-c2ccccc2OC(C)C)cc1C(=O)NS(=O)(=O)c1ccccc1. The van der Waals surface area contributed by atoms with Crippen LogP contribution in [0.15, 0.2) is 83.8 Å². The van der Waals surface area contributed by atoms with Crippen LogP contribution in [-0.2, 0) is 16.6 Å². The minimum Gasteiger partial charge on any atom is -0.490 e. The molecule has 0 aliphatic heterocycles. The Balaban J connectivity index is 1.79. The maximum absolute atomic E-state index is 13.3. The zero-order chi connectivity index (χ0) is 25.9. The van der Waals surface area contributed by atoms with E-state index in [0.717, 1.165) is 16.7 Å². The molecule has 36 heavy (non-hydrogen) atoms. The third-order valence-electron chi connectivity index (χ3n) is 5.77. The van der Waals surface area contributed by atoms with Crippen LogP contribution in [0.3, 0.4) is 0 Å². The van der Waals surface area contributed by atoms with E-state index in [-0.39, 0.29) is 16.7 Å². The lowest BCUT2D eigenvalue weighted by Crippen LogP contribution is -2.32. The second kappa shape index (κ2) is 10.4. The molecule has 7 nitrogen and oxygen atoms in total. The van der Waals surface area contributed by atoms with E-state index in [4.69, 9.17) is 9.84 Å². The summed E-state index contributed by atoms with van der Waals surface area (Å²) in [5.74, 6) is -0.126. The molecular formula is C28H29N3O4S. The van der Waals surface area contributed by atoms with Gasteiger partial charge >= 0.3 is 0 Å². The fourth-order valence-electron chi connectivity index (χ4n) is 3.97. The molecule has 4 aromatic rings. The first-order valence-electron chi connectivity index (χ1n) is 11.7. The zero-order valence-electron chi connectivity index (χ0n) is 20.7. The largest absolute Gasteiger partial charge is 0.490 e. The van der Waals surface area contributed by atoms with Crippen molar-refractivity contribution < 1.29 is 17.9 Å². The van der Waals surface area contributed by atoms with Gasteiger partial charge < -0.3 is 4.74 Å². The number of nitrogens with one attached hydrogen (secondary N) is 1. The first-order valence-corrected chi connectivity index (χ1v) is 13.1. The summed E-state index contributed by atoms with van der Waals surface area (Å²) in [6, 6.07) is 22.8. The summed E-state index contributed by atoms with van der Waals surface area (Å²) < 4.78 is 35.4. The van der Waals surface area contributed by atoms with Gasteiger partial charge in [-0.15, -0.1) is 0 Å². The molecular weight excluding hydrogens is 474 g/mol. The summed E-state index contributed by atoms with van der Waals surface area (Å²) in [6.45, 7) is 8.17. The fourth-order valence-corrected chi connectivity index (χ4v) is 4.95. The van der Waals surface area contributed by atoms with Gasteiger partial charge in [0.2, 0.25) is 0 Å². The second-order valence-electron chi connectivity index (χ2n) is 8.85. The quantitative estimate of drug-likeness (QED) is 0.360. The Morgan fingerprint density at radius 2 is 1.58 bits per heavy atom. The van der Waals surface area contributed by atoms with Crippen LogP contribution in [0.2, 0.25) is 0 Å². The number of hydrogen-bond acceptors (Lipinski definition) is 5. The summed E-state index contributed by atoms with van der Waals surface area (Å²) in [5, 5.41) is 4.73. The van der Waals surface area contributed by atoms with Crippen molar-refractivity contribution in [3.05, 3.63) is 101 Å². The maximum atomic E-state index is 13.3.